The summed E-state index contributed by atoms with van der Waals surface area (Å²) in [5, 5.41) is 2.20. The van der Waals surface area contributed by atoms with Gasteiger partial charge in [-0.05, 0) is 104 Å². The number of anilines is 2. The first-order chi connectivity index (χ1) is 36.9. The molecule has 1 aliphatic heterocycles. The molecule has 11 rings (SSSR count). The second kappa shape index (κ2) is 21.4. The fraction of sp³-hybridized carbons (Fsp3) is 0.222. The van der Waals surface area contributed by atoms with E-state index in [2.05, 4.69) is 298 Å². The monoisotopic (exact) mass is 1200 g/mol. The largest absolute Gasteiger partial charge is 0.509 e. The van der Waals surface area contributed by atoms with Gasteiger partial charge in [0.1, 0.15) is 5.82 Å². The number of rotatable bonds is 13. The standard InChI is InChI=1S/C72H69N4O.Pt/c1-48(2)61-31-22-32-62(49(3)4)69(61)67-46-74(47-75(67)57-30-21-29-54(41-57)70(5,6)7)58-39-51(50-23-15-12-16-24-50)40-60(44-58)77-59-34-35-63-64-42-55(71(8,9)52-25-17-13-18-26-52)33-36-65(64)76(66(63)45-59)68-43-56(37-38-73-68)72(10,11)53-27-19-14-20-28-53;/h12-43,46-49H,1-11H3;/q-3;. The summed E-state index contributed by atoms with van der Waals surface area (Å²) in [5.74, 6) is 2.60. The van der Waals surface area contributed by atoms with Crippen LogP contribution in [0.3, 0.4) is 0 Å². The molecule has 6 heteroatoms. The molecule has 396 valence electrons. The van der Waals surface area contributed by atoms with Gasteiger partial charge in [0, 0.05) is 72.1 Å². The third kappa shape index (κ3) is 10.3. The second-order valence-corrected chi connectivity index (χ2v) is 23.5. The first-order valence-electron chi connectivity index (χ1n) is 27.2. The summed E-state index contributed by atoms with van der Waals surface area (Å²) in [6.45, 7) is 27.4. The molecule has 10 aromatic rings. The quantitative estimate of drug-likeness (QED) is 0.108. The van der Waals surface area contributed by atoms with E-state index in [1.807, 2.05) is 12.3 Å². The zero-order valence-electron chi connectivity index (χ0n) is 46.8. The molecule has 0 saturated heterocycles. The Bertz CT molecular complexity index is 3780. The first-order valence-corrected chi connectivity index (χ1v) is 27.2. The molecule has 2 aromatic heterocycles. The van der Waals surface area contributed by atoms with Crippen LogP contribution in [0.15, 0.2) is 200 Å². The van der Waals surface area contributed by atoms with Crippen LogP contribution in [0.1, 0.15) is 133 Å². The molecule has 78 heavy (non-hydrogen) atoms. The molecule has 0 aliphatic carbocycles. The maximum atomic E-state index is 7.06. The van der Waals surface area contributed by atoms with Gasteiger partial charge in [0.25, 0.3) is 0 Å². The minimum atomic E-state index is -0.273. The van der Waals surface area contributed by atoms with Crippen molar-refractivity contribution >= 4 is 38.9 Å². The molecule has 0 saturated carbocycles. The molecule has 1 aliphatic rings. The Labute approximate surface area is 477 Å². The van der Waals surface area contributed by atoms with E-state index in [4.69, 9.17) is 9.72 Å². The molecule has 0 amide bonds. The van der Waals surface area contributed by atoms with Crippen LogP contribution in [0.4, 0.5) is 11.4 Å². The molecular formula is C72H69N4OPt-3. The molecule has 0 atom stereocenters. The molecule has 3 heterocycles. The number of benzene rings is 8. The number of aromatic nitrogens is 2. The molecule has 8 aromatic carbocycles. The van der Waals surface area contributed by atoms with Crippen molar-refractivity contribution in [3.05, 3.63) is 264 Å². The van der Waals surface area contributed by atoms with E-state index < -0.39 is 0 Å². The SMILES string of the molecule is CC(C)c1cccc(C(C)C)c1C1=CN(c2[c-]c(Oc3[c-]c4c(cc3)c3cc(C(C)(C)c5ccccc5)ccc3n4-c3cc(C(C)(C)c4ccccc4)ccn3)cc(-c3ccccc3)c2)[CH-]N1c1cccc(C(C)(C)C)c1.[Pt]. The van der Waals surface area contributed by atoms with Gasteiger partial charge in [-0.2, -0.15) is 6.07 Å². The van der Waals surface area contributed by atoms with Gasteiger partial charge in [-0.25, -0.2) is 4.98 Å². The maximum absolute atomic E-state index is 7.06. The predicted molar refractivity (Wildman–Crippen MR) is 322 cm³/mol. The van der Waals surface area contributed by atoms with E-state index in [0.29, 0.717) is 23.3 Å². The Morgan fingerprint density at radius 1 is 0.513 bits per heavy atom. The zero-order chi connectivity index (χ0) is 53.8. The molecule has 0 fully saturated rings. The number of pyridine rings is 1. The van der Waals surface area contributed by atoms with E-state index in [0.717, 1.165) is 55.8 Å². The molecular weight excluding hydrogens is 1130 g/mol. The van der Waals surface area contributed by atoms with Gasteiger partial charge in [0.2, 0.25) is 0 Å². The summed E-state index contributed by atoms with van der Waals surface area (Å²) in [5.41, 5.74) is 16.7. The van der Waals surface area contributed by atoms with E-state index in [1.54, 1.807) is 0 Å². The van der Waals surface area contributed by atoms with Gasteiger partial charge in [-0.1, -0.05) is 215 Å². The van der Waals surface area contributed by atoms with Crippen molar-refractivity contribution < 1.29 is 25.8 Å². The predicted octanol–water partition coefficient (Wildman–Crippen LogP) is 18.9. The summed E-state index contributed by atoms with van der Waals surface area (Å²) in [6, 6.07) is 75.2. The number of hydrogen-bond donors (Lipinski definition) is 0. The van der Waals surface area contributed by atoms with Gasteiger partial charge < -0.3 is 19.1 Å². The van der Waals surface area contributed by atoms with Gasteiger partial charge >= 0.3 is 0 Å². The third-order valence-corrected chi connectivity index (χ3v) is 15.9. The van der Waals surface area contributed by atoms with Crippen molar-refractivity contribution in [2.75, 3.05) is 9.80 Å². The van der Waals surface area contributed by atoms with Gasteiger partial charge in [-0.15, -0.1) is 53.6 Å². The van der Waals surface area contributed by atoms with Crippen molar-refractivity contribution in [3.8, 4) is 28.4 Å². The normalized spacial score (nSPS) is 13.2. The summed E-state index contributed by atoms with van der Waals surface area (Å²) in [6.07, 6.45) is 4.22. The summed E-state index contributed by atoms with van der Waals surface area (Å²) >= 11 is 0. The first kappa shape index (κ1) is 53.9. The Morgan fingerprint density at radius 2 is 1.12 bits per heavy atom. The molecule has 0 N–H and O–H groups in total. The minimum absolute atomic E-state index is 0. The van der Waals surface area contributed by atoms with E-state index in [1.165, 1.54) is 44.5 Å². The van der Waals surface area contributed by atoms with Crippen molar-refractivity contribution in [3.63, 3.8) is 0 Å². The molecule has 0 radical (unpaired) electrons. The topological polar surface area (TPSA) is 33.5 Å². The van der Waals surface area contributed by atoms with Crippen LogP contribution in [-0.4, -0.2) is 9.55 Å². The van der Waals surface area contributed by atoms with Crippen LogP contribution in [0.5, 0.6) is 11.5 Å². The second-order valence-electron chi connectivity index (χ2n) is 23.5. The average molecular weight is 1200 g/mol. The Hall–Kier alpha value is -7.46. The fourth-order valence-electron chi connectivity index (χ4n) is 11.1. The zero-order valence-corrected chi connectivity index (χ0v) is 49.1. The maximum Gasteiger partial charge on any atom is 0.135 e. The van der Waals surface area contributed by atoms with Crippen molar-refractivity contribution in [1.29, 1.82) is 0 Å². The number of ether oxygens (including phenoxy) is 1. The van der Waals surface area contributed by atoms with Gasteiger partial charge in [0.05, 0.1) is 0 Å². The van der Waals surface area contributed by atoms with Crippen LogP contribution in [-0.2, 0) is 37.3 Å². The van der Waals surface area contributed by atoms with Crippen molar-refractivity contribution in [2.24, 2.45) is 0 Å². The van der Waals surface area contributed by atoms with Crippen LogP contribution in [0, 0.1) is 18.8 Å². The fourth-order valence-corrected chi connectivity index (χ4v) is 11.1. The van der Waals surface area contributed by atoms with Crippen LogP contribution < -0.4 is 14.5 Å². The van der Waals surface area contributed by atoms with E-state index in [9.17, 15) is 0 Å². The summed E-state index contributed by atoms with van der Waals surface area (Å²) < 4.78 is 9.32. The minimum Gasteiger partial charge on any atom is -0.509 e. The average Bonchev–Trinajstić information content (AvgIpc) is 4.26. The van der Waals surface area contributed by atoms with Gasteiger partial charge in [-0.3, -0.25) is 0 Å². The molecule has 0 spiro atoms. The van der Waals surface area contributed by atoms with Crippen LogP contribution >= 0.6 is 0 Å². The molecule has 5 nitrogen and oxygen atoms in total. The van der Waals surface area contributed by atoms with Gasteiger partial charge in [0.15, 0.2) is 0 Å². The Balaban J connectivity index is 0.00000688. The van der Waals surface area contributed by atoms with Crippen molar-refractivity contribution in [1.82, 2.24) is 9.55 Å². The Kier molecular flexibility index (Phi) is 14.8. The van der Waals surface area contributed by atoms with Crippen LogP contribution in [0.2, 0.25) is 0 Å². The summed E-state index contributed by atoms with van der Waals surface area (Å²) in [4.78, 5) is 9.68. The van der Waals surface area contributed by atoms with E-state index >= 15 is 0 Å². The third-order valence-electron chi connectivity index (χ3n) is 15.9. The van der Waals surface area contributed by atoms with Crippen molar-refractivity contribution in [2.45, 2.75) is 104 Å². The number of nitrogens with zero attached hydrogens (tertiary/aromatic N) is 4. The van der Waals surface area contributed by atoms with E-state index in [-0.39, 0.29) is 37.3 Å². The van der Waals surface area contributed by atoms with Crippen LogP contribution in [0.25, 0.3) is 44.4 Å². The molecule has 0 unspecified atom stereocenters. The smallest absolute Gasteiger partial charge is 0.135 e. The number of fused-ring (bicyclic) bond motifs is 3. The number of hydrogen-bond acceptors (Lipinski definition) is 4. The molecule has 0 bridgehead atoms. The summed E-state index contributed by atoms with van der Waals surface area (Å²) in [7, 11) is 0. The Morgan fingerprint density at radius 3 is 1.74 bits per heavy atom.